The highest BCUT2D eigenvalue weighted by Crippen LogP contribution is 2.18. The second-order valence-corrected chi connectivity index (χ2v) is 9.23. The van der Waals surface area contributed by atoms with E-state index in [-0.39, 0.29) is 35.1 Å². The lowest BCUT2D eigenvalue weighted by Crippen LogP contribution is -2.47. The smallest absolute Gasteiger partial charge is 0.272 e. The first kappa shape index (κ1) is 18.8. The van der Waals surface area contributed by atoms with Crippen LogP contribution in [0.1, 0.15) is 27.3 Å². The predicted octanol–water partition coefficient (Wildman–Crippen LogP) is -0.272. The van der Waals surface area contributed by atoms with Gasteiger partial charge in [-0.25, -0.2) is 8.42 Å². The van der Waals surface area contributed by atoms with E-state index >= 15 is 0 Å². The largest absolute Gasteiger partial charge is 0.336 e. The number of hydrogen-bond acceptors (Lipinski definition) is 6. The van der Waals surface area contributed by atoms with Crippen molar-refractivity contribution >= 4 is 21.7 Å². The number of rotatable bonds is 3. The molecular weight excluding hydrogens is 356 g/mol. The molecule has 2 saturated heterocycles. The van der Waals surface area contributed by atoms with E-state index in [1.165, 1.54) is 17.2 Å². The maximum atomic E-state index is 12.7. The average molecular weight is 380 g/mol. The predicted molar refractivity (Wildman–Crippen MR) is 96.8 cm³/mol. The molecule has 0 bridgehead atoms. The van der Waals surface area contributed by atoms with Gasteiger partial charge in [-0.2, -0.15) is 0 Å². The summed E-state index contributed by atoms with van der Waals surface area (Å²) in [6.07, 6.45) is 1.89. The number of carbonyl (C=O) groups is 2. The summed E-state index contributed by atoms with van der Waals surface area (Å²) in [6, 6.07) is 2.77. The highest BCUT2D eigenvalue weighted by atomic mass is 32.2. The minimum Gasteiger partial charge on any atom is -0.336 e. The van der Waals surface area contributed by atoms with Crippen molar-refractivity contribution in [3.63, 3.8) is 0 Å². The van der Waals surface area contributed by atoms with Gasteiger partial charge < -0.3 is 14.7 Å². The fourth-order valence-corrected chi connectivity index (χ4v) is 5.07. The summed E-state index contributed by atoms with van der Waals surface area (Å²) in [6.45, 7) is 2.95. The number of amides is 2. The monoisotopic (exact) mass is 380 g/mol. The van der Waals surface area contributed by atoms with E-state index in [0.29, 0.717) is 25.1 Å². The van der Waals surface area contributed by atoms with Gasteiger partial charge in [0.25, 0.3) is 11.8 Å². The van der Waals surface area contributed by atoms with Gasteiger partial charge in [0.1, 0.15) is 5.69 Å². The summed E-state index contributed by atoms with van der Waals surface area (Å²) >= 11 is 0. The van der Waals surface area contributed by atoms with Gasteiger partial charge in [-0.15, -0.1) is 0 Å². The quantitative estimate of drug-likeness (QED) is 0.717. The lowest BCUT2D eigenvalue weighted by Gasteiger charge is -2.32. The summed E-state index contributed by atoms with van der Waals surface area (Å²) in [4.78, 5) is 34.8. The molecule has 3 heterocycles. The Balaban J connectivity index is 1.72. The van der Waals surface area contributed by atoms with Crippen LogP contribution in [0.25, 0.3) is 0 Å². The molecule has 26 heavy (non-hydrogen) atoms. The number of sulfone groups is 1. The lowest BCUT2D eigenvalue weighted by molar-refractivity contribution is 0.0664. The SMILES string of the molecule is CN1CCN(C(=O)c2ccnc(C(=O)N(C)C3CCS(=O)(=O)C3)c2)CC1. The van der Waals surface area contributed by atoms with Crippen molar-refractivity contribution in [3.8, 4) is 0 Å². The molecule has 2 amide bonds. The van der Waals surface area contributed by atoms with Crippen LogP contribution in [0.5, 0.6) is 0 Å². The molecule has 0 N–H and O–H groups in total. The molecule has 0 saturated carbocycles. The van der Waals surface area contributed by atoms with Crippen molar-refractivity contribution in [1.82, 2.24) is 19.7 Å². The van der Waals surface area contributed by atoms with Gasteiger partial charge >= 0.3 is 0 Å². The number of hydrogen-bond donors (Lipinski definition) is 0. The van der Waals surface area contributed by atoms with Gasteiger partial charge in [0, 0.05) is 51.0 Å². The molecule has 1 aromatic heterocycles. The number of aromatic nitrogens is 1. The lowest BCUT2D eigenvalue weighted by atomic mass is 10.1. The zero-order valence-corrected chi connectivity index (χ0v) is 15.9. The van der Waals surface area contributed by atoms with E-state index in [2.05, 4.69) is 9.88 Å². The highest BCUT2D eigenvalue weighted by Gasteiger charge is 2.33. The summed E-state index contributed by atoms with van der Waals surface area (Å²) in [5, 5.41) is 0. The molecule has 0 aliphatic carbocycles. The normalized spacial score (nSPS) is 23.0. The molecule has 1 aromatic rings. The van der Waals surface area contributed by atoms with Crippen molar-refractivity contribution in [3.05, 3.63) is 29.6 Å². The van der Waals surface area contributed by atoms with E-state index < -0.39 is 9.84 Å². The number of likely N-dealkylation sites (N-methyl/N-ethyl adjacent to an activating group) is 1. The summed E-state index contributed by atoms with van der Waals surface area (Å²) in [5.74, 6) is -0.388. The van der Waals surface area contributed by atoms with Gasteiger partial charge in [0.05, 0.1) is 11.5 Å². The van der Waals surface area contributed by atoms with Crippen LogP contribution in [0.2, 0.25) is 0 Å². The van der Waals surface area contributed by atoms with E-state index in [4.69, 9.17) is 0 Å². The molecule has 1 atom stereocenters. The first-order valence-electron chi connectivity index (χ1n) is 8.68. The molecule has 8 nitrogen and oxygen atoms in total. The Hall–Kier alpha value is -2.00. The second kappa shape index (κ2) is 7.32. The molecule has 2 fully saturated rings. The summed E-state index contributed by atoms with van der Waals surface area (Å²) in [5.41, 5.74) is 0.595. The van der Waals surface area contributed by atoms with Crippen LogP contribution >= 0.6 is 0 Å². The number of pyridine rings is 1. The zero-order chi connectivity index (χ0) is 18.9. The van der Waals surface area contributed by atoms with Crippen LogP contribution in [-0.2, 0) is 9.84 Å². The van der Waals surface area contributed by atoms with Gasteiger partial charge in [-0.3, -0.25) is 14.6 Å². The Bertz CT molecular complexity index is 803. The Morgan fingerprint density at radius 1 is 1.23 bits per heavy atom. The molecule has 0 aromatic carbocycles. The van der Waals surface area contributed by atoms with Crippen LogP contribution < -0.4 is 0 Å². The fourth-order valence-electron chi connectivity index (χ4n) is 3.30. The molecule has 0 spiro atoms. The second-order valence-electron chi connectivity index (χ2n) is 7.00. The third kappa shape index (κ3) is 4.04. The van der Waals surface area contributed by atoms with Gasteiger partial charge in [-0.05, 0) is 25.6 Å². The van der Waals surface area contributed by atoms with Crippen LogP contribution in [0, 0.1) is 0 Å². The summed E-state index contributed by atoms with van der Waals surface area (Å²) in [7, 11) is 0.530. The number of nitrogens with zero attached hydrogens (tertiary/aromatic N) is 4. The molecule has 2 aliphatic heterocycles. The van der Waals surface area contributed by atoms with Crippen molar-refractivity contribution < 1.29 is 18.0 Å². The van der Waals surface area contributed by atoms with Gasteiger partial charge in [-0.1, -0.05) is 0 Å². The third-order valence-corrected chi connectivity index (χ3v) is 6.84. The van der Waals surface area contributed by atoms with Crippen molar-refractivity contribution in [1.29, 1.82) is 0 Å². The van der Waals surface area contributed by atoms with Crippen molar-refractivity contribution in [2.75, 3.05) is 51.8 Å². The fraction of sp³-hybridized carbons (Fsp3) is 0.588. The Labute approximate surface area is 153 Å². The standard InChI is InChI=1S/C17H24N4O4S/c1-19-6-8-21(9-7-19)16(22)13-3-5-18-15(11-13)17(23)20(2)14-4-10-26(24,25)12-14/h3,5,11,14H,4,6-10,12H2,1-2H3. The highest BCUT2D eigenvalue weighted by molar-refractivity contribution is 7.91. The summed E-state index contributed by atoms with van der Waals surface area (Å²) < 4.78 is 23.3. The van der Waals surface area contributed by atoms with Crippen molar-refractivity contribution in [2.24, 2.45) is 0 Å². The van der Waals surface area contributed by atoms with Crippen molar-refractivity contribution in [2.45, 2.75) is 12.5 Å². The molecule has 3 rings (SSSR count). The Morgan fingerprint density at radius 2 is 1.92 bits per heavy atom. The number of piperazine rings is 1. The Kier molecular flexibility index (Phi) is 5.29. The average Bonchev–Trinajstić information content (AvgIpc) is 3.00. The molecular formula is C17H24N4O4S. The maximum Gasteiger partial charge on any atom is 0.272 e. The minimum absolute atomic E-state index is 0.0187. The van der Waals surface area contributed by atoms with Gasteiger partial charge in [0.15, 0.2) is 9.84 Å². The van der Waals surface area contributed by atoms with Gasteiger partial charge in [0.2, 0.25) is 0 Å². The van der Waals surface area contributed by atoms with Crippen LogP contribution in [0.4, 0.5) is 0 Å². The topological polar surface area (TPSA) is 90.9 Å². The first-order chi connectivity index (χ1) is 12.3. The molecule has 142 valence electrons. The van der Waals surface area contributed by atoms with Crippen LogP contribution in [-0.4, -0.2) is 97.7 Å². The van der Waals surface area contributed by atoms with Crippen LogP contribution in [0.3, 0.4) is 0 Å². The number of carbonyl (C=O) groups excluding carboxylic acids is 2. The van der Waals surface area contributed by atoms with E-state index in [1.807, 2.05) is 7.05 Å². The minimum atomic E-state index is -3.08. The van der Waals surface area contributed by atoms with E-state index in [9.17, 15) is 18.0 Å². The first-order valence-corrected chi connectivity index (χ1v) is 10.5. The van der Waals surface area contributed by atoms with Crippen LogP contribution in [0.15, 0.2) is 18.3 Å². The third-order valence-electron chi connectivity index (χ3n) is 5.09. The van der Waals surface area contributed by atoms with E-state index in [0.717, 1.165) is 13.1 Å². The molecule has 2 aliphatic rings. The molecule has 0 radical (unpaired) electrons. The zero-order valence-electron chi connectivity index (χ0n) is 15.1. The van der Waals surface area contributed by atoms with E-state index in [1.54, 1.807) is 18.0 Å². The molecule has 9 heteroatoms. The maximum absolute atomic E-state index is 12.7. The Morgan fingerprint density at radius 3 is 2.54 bits per heavy atom. The molecule has 1 unspecified atom stereocenters.